The highest BCUT2D eigenvalue weighted by atomic mass is 35.5. The standard InChI is InChI=1S/C13H21ClO2/c1-9-7-11(14)6-5-10(9)8-12(15)16-13(2,3)4/h10-11H,1,5-8H2,2-4H3. The summed E-state index contributed by atoms with van der Waals surface area (Å²) in [6.45, 7) is 9.66. The first-order valence-corrected chi connectivity index (χ1v) is 6.25. The Kier molecular flexibility index (Phi) is 4.43. The summed E-state index contributed by atoms with van der Waals surface area (Å²) in [5.41, 5.74) is 0.694. The molecule has 0 aromatic heterocycles. The Bertz CT molecular complexity index is 278. The van der Waals surface area contributed by atoms with E-state index >= 15 is 0 Å². The zero-order valence-corrected chi connectivity index (χ0v) is 11.1. The van der Waals surface area contributed by atoms with Gasteiger partial charge in [0.15, 0.2) is 0 Å². The Labute approximate surface area is 103 Å². The number of rotatable bonds is 2. The molecule has 92 valence electrons. The number of carbonyl (C=O) groups excluding carboxylic acids is 1. The minimum atomic E-state index is -0.401. The lowest BCUT2D eigenvalue weighted by atomic mass is 9.83. The van der Waals surface area contributed by atoms with Crippen LogP contribution in [0.4, 0.5) is 0 Å². The highest BCUT2D eigenvalue weighted by Gasteiger charge is 2.26. The van der Waals surface area contributed by atoms with E-state index < -0.39 is 5.60 Å². The quantitative estimate of drug-likeness (QED) is 0.421. The van der Waals surface area contributed by atoms with Crippen LogP contribution in [0, 0.1) is 5.92 Å². The summed E-state index contributed by atoms with van der Waals surface area (Å²) in [5, 5.41) is 0.197. The van der Waals surface area contributed by atoms with Gasteiger partial charge in [0.2, 0.25) is 0 Å². The van der Waals surface area contributed by atoms with Crippen LogP contribution in [0.25, 0.3) is 0 Å². The summed E-state index contributed by atoms with van der Waals surface area (Å²) >= 11 is 6.04. The maximum Gasteiger partial charge on any atom is 0.306 e. The molecule has 1 rings (SSSR count). The van der Waals surface area contributed by atoms with Crippen LogP contribution in [0.2, 0.25) is 0 Å². The van der Waals surface area contributed by atoms with E-state index in [1.54, 1.807) is 0 Å². The predicted molar refractivity (Wildman–Crippen MR) is 66.6 cm³/mol. The normalized spacial score (nSPS) is 26.6. The molecule has 0 spiro atoms. The van der Waals surface area contributed by atoms with Gasteiger partial charge in [0.05, 0.1) is 6.42 Å². The van der Waals surface area contributed by atoms with E-state index in [0.717, 1.165) is 24.8 Å². The maximum atomic E-state index is 11.7. The molecule has 0 N–H and O–H groups in total. The number of ether oxygens (including phenoxy) is 1. The van der Waals surface area contributed by atoms with Crippen LogP contribution in [0.3, 0.4) is 0 Å². The lowest BCUT2D eigenvalue weighted by Crippen LogP contribution is -2.27. The molecule has 2 unspecified atom stereocenters. The van der Waals surface area contributed by atoms with Gasteiger partial charge in [-0.05, 0) is 46.0 Å². The largest absolute Gasteiger partial charge is 0.460 e. The molecule has 0 aromatic rings. The van der Waals surface area contributed by atoms with E-state index in [1.807, 2.05) is 20.8 Å². The molecule has 0 radical (unpaired) electrons. The Morgan fingerprint density at radius 1 is 1.50 bits per heavy atom. The van der Waals surface area contributed by atoms with Gasteiger partial charge in [-0.25, -0.2) is 0 Å². The molecule has 0 amide bonds. The van der Waals surface area contributed by atoms with Crippen molar-refractivity contribution in [3.05, 3.63) is 12.2 Å². The second-order valence-corrected chi connectivity index (χ2v) is 6.14. The van der Waals surface area contributed by atoms with E-state index in [4.69, 9.17) is 16.3 Å². The highest BCUT2D eigenvalue weighted by molar-refractivity contribution is 6.20. The van der Waals surface area contributed by atoms with Gasteiger partial charge >= 0.3 is 5.97 Å². The molecule has 0 heterocycles. The third kappa shape index (κ3) is 4.56. The average Bonchev–Trinajstić information content (AvgIpc) is 2.06. The highest BCUT2D eigenvalue weighted by Crippen LogP contribution is 2.33. The minimum absolute atomic E-state index is 0.133. The molecule has 0 aromatic carbocycles. The number of halogens is 1. The van der Waals surface area contributed by atoms with Crippen LogP contribution < -0.4 is 0 Å². The monoisotopic (exact) mass is 244 g/mol. The van der Waals surface area contributed by atoms with E-state index in [2.05, 4.69) is 6.58 Å². The molecule has 2 nitrogen and oxygen atoms in total. The van der Waals surface area contributed by atoms with Crippen molar-refractivity contribution < 1.29 is 9.53 Å². The topological polar surface area (TPSA) is 26.3 Å². The molecule has 2 atom stereocenters. The average molecular weight is 245 g/mol. The summed E-state index contributed by atoms with van der Waals surface area (Å²) in [4.78, 5) is 11.7. The number of hydrogen-bond acceptors (Lipinski definition) is 2. The summed E-state index contributed by atoms with van der Waals surface area (Å²) in [6.07, 6.45) is 3.19. The predicted octanol–water partition coefficient (Wildman–Crippen LogP) is 3.68. The Morgan fingerprint density at radius 3 is 2.62 bits per heavy atom. The van der Waals surface area contributed by atoms with Crippen molar-refractivity contribution in [3.8, 4) is 0 Å². The Hall–Kier alpha value is -0.500. The van der Waals surface area contributed by atoms with Crippen molar-refractivity contribution in [2.75, 3.05) is 0 Å². The van der Waals surface area contributed by atoms with Gasteiger partial charge in [0.1, 0.15) is 5.60 Å². The van der Waals surface area contributed by atoms with Crippen LogP contribution in [-0.4, -0.2) is 16.9 Å². The fraction of sp³-hybridized carbons (Fsp3) is 0.769. The number of esters is 1. The molecule has 0 bridgehead atoms. The summed E-state index contributed by atoms with van der Waals surface area (Å²) in [5.74, 6) is 0.122. The third-order valence-corrected chi connectivity index (χ3v) is 3.09. The molecule has 16 heavy (non-hydrogen) atoms. The van der Waals surface area contributed by atoms with Crippen molar-refractivity contribution in [1.82, 2.24) is 0 Å². The van der Waals surface area contributed by atoms with Gasteiger partial charge < -0.3 is 4.74 Å². The van der Waals surface area contributed by atoms with Crippen molar-refractivity contribution in [2.45, 2.75) is 57.4 Å². The van der Waals surface area contributed by atoms with E-state index in [9.17, 15) is 4.79 Å². The smallest absolute Gasteiger partial charge is 0.306 e. The summed E-state index contributed by atoms with van der Waals surface area (Å²) < 4.78 is 5.30. The fourth-order valence-corrected chi connectivity index (χ4v) is 2.29. The minimum Gasteiger partial charge on any atom is -0.460 e. The van der Waals surface area contributed by atoms with E-state index in [0.29, 0.717) is 6.42 Å². The first-order valence-electron chi connectivity index (χ1n) is 5.81. The molecule has 0 saturated heterocycles. The Morgan fingerprint density at radius 2 is 2.12 bits per heavy atom. The molecule has 1 aliphatic rings. The SMILES string of the molecule is C=C1CC(Cl)CCC1CC(=O)OC(C)(C)C. The van der Waals surface area contributed by atoms with Gasteiger partial charge in [-0.15, -0.1) is 11.6 Å². The maximum absolute atomic E-state index is 11.7. The van der Waals surface area contributed by atoms with Crippen molar-refractivity contribution in [3.63, 3.8) is 0 Å². The molecule has 0 aliphatic heterocycles. The van der Waals surface area contributed by atoms with Gasteiger partial charge in [-0.3, -0.25) is 4.79 Å². The molecule has 3 heteroatoms. The van der Waals surface area contributed by atoms with Gasteiger partial charge in [0, 0.05) is 5.38 Å². The molecular formula is C13H21ClO2. The number of carbonyl (C=O) groups is 1. The molecule has 1 saturated carbocycles. The fourth-order valence-electron chi connectivity index (χ4n) is 1.97. The van der Waals surface area contributed by atoms with E-state index in [1.165, 1.54) is 0 Å². The van der Waals surface area contributed by atoms with Gasteiger partial charge in [-0.1, -0.05) is 12.2 Å². The first-order chi connectivity index (χ1) is 7.28. The number of allylic oxidation sites excluding steroid dienone is 1. The Balaban J connectivity index is 2.43. The van der Waals surface area contributed by atoms with Crippen LogP contribution in [0.15, 0.2) is 12.2 Å². The molecular weight excluding hydrogens is 224 g/mol. The summed E-state index contributed by atoms with van der Waals surface area (Å²) in [7, 11) is 0. The lowest BCUT2D eigenvalue weighted by Gasteiger charge is -2.28. The number of alkyl halides is 1. The van der Waals surface area contributed by atoms with E-state index in [-0.39, 0.29) is 17.3 Å². The van der Waals surface area contributed by atoms with Crippen molar-refractivity contribution in [2.24, 2.45) is 5.92 Å². The van der Waals surface area contributed by atoms with Crippen LogP contribution >= 0.6 is 11.6 Å². The lowest BCUT2D eigenvalue weighted by molar-refractivity contribution is -0.155. The number of hydrogen-bond donors (Lipinski definition) is 0. The van der Waals surface area contributed by atoms with Gasteiger partial charge in [0.25, 0.3) is 0 Å². The van der Waals surface area contributed by atoms with Gasteiger partial charge in [-0.2, -0.15) is 0 Å². The van der Waals surface area contributed by atoms with Crippen molar-refractivity contribution in [1.29, 1.82) is 0 Å². The zero-order chi connectivity index (χ0) is 12.3. The van der Waals surface area contributed by atoms with Crippen LogP contribution in [-0.2, 0) is 9.53 Å². The zero-order valence-electron chi connectivity index (χ0n) is 10.4. The second kappa shape index (κ2) is 5.22. The van der Waals surface area contributed by atoms with Crippen LogP contribution in [0.5, 0.6) is 0 Å². The first kappa shape index (κ1) is 13.6. The third-order valence-electron chi connectivity index (χ3n) is 2.72. The van der Waals surface area contributed by atoms with Crippen LogP contribution in [0.1, 0.15) is 46.5 Å². The second-order valence-electron chi connectivity index (χ2n) is 5.52. The molecule has 1 aliphatic carbocycles. The summed E-state index contributed by atoms with van der Waals surface area (Å²) in [6, 6.07) is 0. The molecule has 1 fully saturated rings. The van der Waals surface area contributed by atoms with Crippen molar-refractivity contribution >= 4 is 17.6 Å².